The number of oxazole rings is 1. The van der Waals surface area contributed by atoms with Crippen molar-refractivity contribution in [1.29, 1.82) is 0 Å². The van der Waals surface area contributed by atoms with E-state index >= 15 is 0 Å². The third kappa shape index (κ3) is 3.49. The summed E-state index contributed by atoms with van der Waals surface area (Å²) in [6.45, 7) is 4.45. The second kappa shape index (κ2) is 7.51. The van der Waals surface area contributed by atoms with E-state index in [9.17, 15) is 4.39 Å². The lowest BCUT2D eigenvalue weighted by Gasteiger charge is -2.39. The first-order chi connectivity index (χ1) is 13.8. The fraction of sp³-hybridized carbons (Fsp3) is 0.455. The Labute approximate surface area is 164 Å². The predicted molar refractivity (Wildman–Crippen MR) is 108 cm³/mol. The number of likely N-dealkylation sites (tertiary alicyclic amines) is 1. The Morgan fingerprint density at radius 3 is 2.43 bits per heavy atom. The molecule has 5 nitrogen and oxygen atoms in total. The summed E-state index contributed by atoms with van der Waals surface area (Å²) in [4.78, 5) is 14.0. The Hall–Kier alpha value is -2.47. The number of hydrogen-bond donors (Lipinski definition) is 0. The molecular formula is C22H25FN4O. The highest BCUT2D eigenvalue weighted by Gasteiger charge is 2.27. The van der Waals surface area contributed by atoms with E-state index in [0.29, 0.717) is 23.3 Å². The number of rotatable bonds is 3. The monoisotopic (exact) mass is 380 g/mol. The highest BCUT2D eigenvalue weighted by Crippen LogP contribution is 2.29. The molecule has 0 aliphatic carbocycles. The molecule has 28 heavy (non-hydrogen) atoms. The average molecular weight is 380 g/mol. The van der Waals surface area contributed by atoms with E-state index in [1.807, 2.05) is 6.07 Å². The molecule has 0 radical (unpaired) electrons. The fourth-order valence-electron chi connectivity index (χ4n) is 4.45. The molecule has 5 rings (SSSR count). The molecule has 0 N–H and O–H groups in total. The van der Waals surface area contributed by atoms with E-state index in [-0.39, 0.29) is 5.82 Å². The summed E-state index contributed by atoms with van der Waals surface area (Å²) in [6, 6.07) is 9.71. The quantitative estimate of drug-likeness (QED) is 0.670. The summed E-state index contributed by atoms with van der Waals surface area (Å²) in [6.07, 6.45) is 8.15. The second-order valence-corrected chi connectivity index (χ2v) is 7.86. The van der Waals surface area contributed by atoms with Crippen molar-refractivity contribution >= 4 is 17.2 Å². The number of fused-ring (bicyclic) bond motifs is 1. The lowest BCUT2D eigenvalue weighted by Crippen LogP contribution is -2.46. The van der Waals surface area contributed by atoms with E-state index in [2.05, 4.69) is 19.8 Å². The molecule has 146 valence electrons. The van der Waals surface area contributed by atoms with Gasteiger partial charge in [-0.2, -0.15) is 4.98 Å². The number of nitrogens with zero attached hydrogens (tertiary/aromatic N) is 4. The van der Waals surface area contributed by atoms with E-state index < -0.39 is 0 Å². The van der Waals surface area contributed by atoms with Gasteiger partial charge in [0.15, 0.2) is 5.58 Å². The summed E-state index contributed by atoms with van der Waals surface area (Å²) in [5, 5.41) is 0. The van der Waals surface area contributed by atoms with Gasteiger partial charge in [0.25, 0.3) is 6.01 Å². The smallest absolute Gasteiger partial charge is 0.299 e. The van der Waals surface area contributed by atoms with Crippen molar-refractivity contribution in [1.82, 2.24) is 14.9 Å². The molecular weight excluding hydrogens is 355 g/mol. The number of aromatic nitrogens is 2. The third-order valence-corrected chi connectivity index (χ3v) is 6.06. The van der Waals surface area contributed by atoms with Crippen molar-refractivity contribution in [2.75, 3.05) is 31.1 Å². The molecule has 0 spiro atoms. The van der Waals surface area contributed by atoms with Crippen LogP contribution in [0.5, 0.6) is 0 Å². The first-order valence-electron chi connectivity index (χ1n) is 10.3. The van der Waals surface area contributed by atoms with Crippen molar-refractivity contribution in [2.45, 2.75) is 38.1 Å². The molecule has 0 amide bonds. The van der Waals surface area contributed by atoms with Crippen LogP contribution in [-0.2, 0) is 0 Å². The van der Waals surface area contributed by atoms with Crippen molar-refractivity contribution in [3.8, 4) is 11.1 Å². The standard InChI is InChI=1S/C22H25FN4O/c23-18-6-4-16(5-7-18)17-14-20-21(24-15-17)25-22(28-20)27-12-8-19(9-13-27)26-10-2-1-3-11-26/h4-7,14-15,19H,1-3,8-13H2. The van der Waals surface area contributed by atoms with Crippen LogP contribution in [0.2, 0.25) is 0 Å². The number of pyridine rings is 1. The third-order valence-electron chi connectivity index (χ3n) is 6.06. The van der Waals surface area contributed by atoms with Crippen LogP contribution in [0.15, 0.2) is 40.9 Å². The molecule has 2 saturated heterocycles. The zero-order chi connectivity index (χ0) is 18.9. The van der Waals surface area contributed by atoms with Crippen LogP contribution in [0.1, 0.15) is 32.1 Å². The highest BCUT2D eigenvalue weighted by atomic mass is 19.1. The van der Waals surface area contributed by atoms with Gasteiger partial charge < -0.3 is 14.2 Å². The van der Waals surface area contributed by atoms with Gasteiger partial charge >= 0.3 is 0 Å². The Morgan fingerprint density at radius 1 is 0.929 bits per heavy atom. The zero-order valence-electron chi connectivity index (χ0n) is 16.0. The second-order valence-electron chi connectivity index (χ2n) is 7.86. The molecule has 3 aromatic rings. The van der Waals surface area contributed by atoms with Crippen molar-refractivity contribution in [2.24, 2.45) is 0 Å². The molecule has 2 fully saturated rings. The normalized spacial score (nSPS) is 19.4. The SMILES string of the molecule is Fc1ccc(-c2cnc3nc(N4CCC(N5CCCCC5)CC4)oc3c2)cc1. The minimum absolute atomic E-state index is 0.243. The van der Waals surface area contributed by atoms with Crippen molar-refractivity contribution in [3.63, 3.8) is 0 Å². The van der Waals surface area contributed by atoms with Gasteiger partial charge in [-0.05, 0) is 62.5 Å². The topological polar surface area (TPSA) is 45.4 Å². The Bertz CT molecular complexity index is 941. The summed E-state index contributed by atoms with van der Waals surface area (Å²) in [5.41, 5.74) is 3.11. The van der Waals surface area contributed by atoms with Gasteiger partial charge in [-0.15, -0.1) is 0 Å². The summed E-state index contributed by atoms with van der Waals surface area (Å²) >= 11 is 0. The molecule has 6 heteroatoms. The molecule has 4 heterocycles. The van der Waals surface area contributed by atoms with Gasteiger partial charge in [-0.25, -0.2) is 9.37 Å². The molecule has 0 atom stereocenters. The summed E-state index contributed by atoms with van der Waals surface area (Å²) < 4.78 is 19.2. The van der Waals surface area contributed by atoms with E-state index in [1.54, 1.807) is 18.3 Å². The lowest BCUT2D eigenvalue weighted by molar-refractivity contribution is 0.140. The number of halogens is 1. The molecule has 0 unspecified atom stereocenters. The van der Waals surface area contributed by atoms with Gasteiger partial charge in [0.2, 0.25) is 5.65 Å². The van der Waals surface area contributed by atoms with Crippen LogP contribution >= 0.6 is 0 Å². The first-order valence-corrected chi connectivity index (χ1v) is 10.3. The summed E-state index contributed by atoms with van der Waals surface area (Å²) in [7, 11) is 0. The number of piperidine rings is 2. The van der Waals surface area contributed by atoms with Gasteiger partial charge in [-0.1, -0.05) is 18.6 Å². The van der Waals surface area contributed by atoms with Crippen LogP contribution in [0.4, 0.5) is 10.4 Å². The van der Waals surface area contributed by atoms with Gasteiger partial charge in [0.05, 0.1) is 0 Å². The predicted octanol–water partition coefficient (Wildman–Crippen LogP) is 4.48. The molecule has 2 aliphatic rings. The Balaban J connectivity index is 1.31. The highest BCUT2D eigenvalue weighted by molar-refractivity contribution is 5.77. The Kier molecular flexibility index (Phi) is 4.72. The molecule has 0 bridgehead atoms. The van der Waals surface area contributed by atoms with Gasteiger partial charge in [0.1, 0.15) is 5.82 Å². The zero-order valence-corrected chi connectivity index (χ0v) is 16.0. The van der Waals surface area contributed by atoms with E-state index in [0.717, 1.165) is 37.1 Å². The minimum atomic E-state index is -0.243. The van der Waals surface area contributed by atoms with Crippen molar-refractivity contribution in [3.05, 3.63) is 42.3 Å². The van der Waals surface area contributed by atoms with Crippen LogP contribution in [0.3, 0.4) is 0 Å². The minimum Gasteiger partial charge on any atom is -0.422 e. The van der Waals surface area contributed by atoms with Gasteiger partial charge in [-0.3, -0.25) is 0 Å². The van der Waals surface area contributed by atoms with Crippen LogP contribution in [0, 0.1) is 5.82 Å². The molecule has 0 saturated carbocycles. The largest absolute Gasteiger partial charge is 0.422 e. The molecule has 2 aromatic heterocycles. The maximum absolute atomic E-state index is 13.2. The first kappa shape index (κ1) is 17.6. The number of hydrogen-bond acceptors (Lipinski definition) is 5. The van der Waals surface area contributed by atoms with Crippen molar-refractivity contribution < 1.29 is 8.81 Å². The number of anilines is 1. The van der Waals surface area contributed by atoms with E-state index in [4.69, 9.17) is 4.42 Å². The Morgan fingerprint density at radius 2 is 1.68 bits per heavy atom. The molecule has 1 aromatic carbocycles. The van der Waals surface area contributed by atoms with Gasteiger partial charge in [0, 0.05) is 30.9 Å². The maximum Gasteiger partial charge on any atom is 0.299 e. The van der Waals surface area contributed by atoms with Crippen LogP contribution in [0.25, 0.3) is 22.4 Å². The lowest BCUT2D eigenvalue weighted by atomic mass is 10.0. The van der Waals surface area contributed by atoms with E-state index in [1.165, 1.54) is 44.5 Å². The average Bonchev–Trinajstić information content (AvgIpc) is 3.18. The maximum atomic E-state index is 13.2. The molecule has 2 aliphatic heterocycles. The fourth-order valence-corrected chi connectivity index (χ4v) is 4.45. The number of benzene rings is 1. The van der Waals surface area contributed by atoms with Crippen LogP contribution < -0.4 is 4.90 Å². The summed E-state index contributed by atoms with van der Waals surface area (Å²) in [5.74, 6) is -0.243. The van der Waals surface area contributed by atoms with Crippen LogP contribution in [-0.4, -0.2) is 47.1 Å².